The fourth-order valence-electron chi connectivity index (χ4n) is 2.74. The lowest BCUT2D eigenvalue weighted by atomic mass is 10.00. The third-order valence-corrected chi connectivity index (χ3v) is 4.42. The van der Waals surface area contributed by atoms with E-state index in [9.17, 15) is 9.90 Å². The Balaban J connectivity index is 1.76. The molecule has 1 atom stereocenters. The SMILES string of the molecule is CC(OC(=O)Cc1ccncc1-c1ccc(O)cc1)c1ccccc1Cl. The van der Waals surface area contributed by atoms with E-state index >= 15 is 0 Å². The molecule has 132 valence electrons. The molecule has 0 radical (unpaired) electrons. The van der Waals surface area contributed by atoms with Gasteiger partial charge in [0.2, 0.25) is 0 Å². The Morgan fingerprint density at radius 3 is 2.62 bits per heavy atom. The van der Waals surface area contributed by atoms with Crippen LogP contribution in [0.5, 0.6) is 5.75 Å². The first-order chi connectivity index (χ1) is 12.5. The molecule has 0 aliphatic carbocycles. The number of phenols is 1. The van der Waals surface area contributed by atoms with Crippen LogP contribution in [0, 0.1) is 0 Å². The van der Waals surface area contributed by atoms with E-state index in [-0.39, 0.29) is 18.1 Å². The fraction of sp³-hybridized carbons (Fsp3) is 0.143. The van der Waals surface area contributed by atoms with Crippen molar-refractivity contribution < 1.29 is 14.6 Å². The van der Waals surface area contributed by atoms with Crippen LogP contribution in [0.3, 0.4) is 0 Å². The van der Waals surface area contributed by atoms with Crippen LogP contribution in [0.15, 0.2) is 67.0 Å². The van der Waals surface area contributed by atoms with Gasteiger partial charge < -0.3 is 9.84 Å². The second-order valence-electron chi connectivity index (χ2n) is 5.91. The number of aromatic nitrogens is 1. The summed E-state index contributed by atoms with van der Waals surface area (Å²) in [6, 6.07) is 15.9. The van der Waals surface area contributed by atoms with Gasteiger partial charge in [0.25, 0.3) is 0 Å². The molecule has 1 unspecified atom stereocenters. The van der Waals surface area contributed by atoms with Gasteiger partial charge >= 0.3 is 5.97 Å². The molecule has 0 bridgehead atoms. The van der Waals surface area contributed by atoms with Crippen molar-refractivity contribution in [3.63, 3.8) is 0 Å². The molecule has 26 heavy (non-hydrogen) atoms. The van der Waals surface area contributed by atoms with Crippen LogP contribution in [0.25, 0.3) is 11.1 Å². The number of benzene rings is 2. The number of hydrogen-bond acceptors (Lipinski definition) is 4. The van der Waals surface area contributed by atoms with Crippen molar-refractivity contribution in [2.75, 3.05) is 0 Å². The maximum absolute atomic E-state index is 12.4. The number of halogens is 1. The summed E-state index contributed by atoms with van der Waals surface area (Å²) in [6.45, 7) is 1.80. The molecule has 1 aromatic heterocycles. The largest absolute Gasteiger partial charge is 0.508 e. The van der Waals surface area contributed by atoms with E-state index in [2.05, 4.69) is 4.98 Å². The summed E-state index contributed by atoms with van der Waals surface area (Å²) in [5.41, 5.74) is 3.28. The summed E-state index contributed by atoms with van der Waals surface area (Å²) < 4.78 is 5.55. The van der Waals surface area contributed by atoms with Gasteiger partial charge in [0, 0.05) is 28.5 Å². The number of rotatable bonds is 5. The number of pyridine rings is 1. The third kappa shape index (κ3) is 4.21. The summed E-state index contributed by atoms with van der Waals surface area (Å²) >= 11 is 6.16. The molecule has 0 aliphatic heterocycles. The Morgan fingerprint density at radius 1 is 1.15 bits per heavy atom. The van der Waals surface area contributed by atoms with Gasteiger partial charge in [-0.05, 0) is 42.3 Å². The first-order valence-corrected chi connectivity index (χ1v) is 8.58. The topological polar surface area (TPSA) is 59.4 Å². The quantitative estimate of drug-likeness (QED) is 0.648. The van der Waals surface area contributed by atoms with E-state index in [1.807, 2.05) is 18.2 Å². The van der Waals surface area contributed by atoms with E-state index in [0.717, 1.165) is 22.3 Å². The minimum atomic E-state index is -0.435. The van der Waals surface area contributed by atoms with Crippen LogP contribution in [0.1, 0.15) is 24.2 Å². The monoisotopic (exact) mass is 367 g/mol. The van der Waals surface area contributed by atoms with Gasteiger partial charge in [0.05, 0.1) is 6.42 Å². The fourth-order valence-corrected chi connectivity index (χ4v) is 3.03. The van der Waals surface area contributed by atoms with Crippen LogP contribution in [0.2, 0.25) is 5.02 Å². The number of phenolic OH excluding ortho intramolecular Hbond substituents is 1. The summed E-state index contributed by atoms with van der Waals surface area (Å²) in [5.74, 6) is -0.157. The maximum Gasteiger partial charge on any atom is 0.310 e. The summed E-state index contributed by atoms with van der Waals surface area (Å²) in [5, 5.41) is 10.0. The second-order valence-corrected chi connectivity index (χ2v) is 6.32. The lowest BCUT2D eigenvalue weighted by Crippen LogP contribution is -2.12. The number of ether oxygens (including phenoxy) is 1. The molecule has 1 heterocycles. The third-order valence-electron chi connectivity index (χ3n) is 4.08. The van der Waals surface area contributed by atoms with Crippen LogP contribution >= 0.6 is 11.6 Å². The minimum Gasteiger partial charge on any atom is -0.508 e. The van der Waals surface area contributed by atoms with Gasteiger partial charge in [0.15, 0.2) is 0 Å². The lowest BCUT2D eigenvalue weighted by molar-refractivity contribution is -0.147. The highest BCUT2D eigenvalue weighted by atomic mass is 35.5. The zero-order valence-corrected chi connectivity index (χ0v) is 15.0. The first kappa shape index (κ1) is 18.0. The average Bonchev–Trinajstić information content (AvgIpc) is 2.63. The standard InChI is InChI=1S/C21H18ClNO3/c1-14(18-4-2-3-5-20(18)22)26-21(25)12-16-10-11-23-13-19(16)15-6-8-17(24)9-7-15/h2-11,13-14,24H,12H2,1H3. The van der Waals surface area contributed by atoms with Crippen LogP contribution in [-0.4, -0.2) is 16.1 Å². The van der Waals surface area contributed by atoms with Crippen LogP contribution < -0.4 is 0 Å². The number of nitrogens with zero attached hydrogens (tertiary/aromatic N) is 1. The van der Waals surface area contributed by atoms with Gasteiger partial charge in [0.1, 0.15) is 11.9 Å². The minimum absolute atomic E-state index is 0.119. The molecule has 2 aromatic carbocycles. The van der Waals surface area contributed by atoms with Crippen molar-refractivity contribution in [1.82, 2.24) is 4.98 Å². The van der Waals surface area contributed by atoms with Crippen molar-refractivity contribution in [2.45, 2.75) is 19.4 Å². The molecule has 0 aliphatic rings. The zero-order chi connectivity index (χ0) is 18.5. The highest BCUT2D eigenvalue weighted by molar-refractivity contribution is 6.31. The van der Waals surface area contributed by atoms with Gasteiger partial charge in [-0.15, -0.1) is 0 Å². The van der Waals surface area contributed by atoms with Crippen LogP contribution in [0.4, 0.5) is 0 Å². The van der Waals surface area contributed by atoms with E-state index in [4.69, 9.17) is 16.3 Å². The maximum atomic E-state index is 12.4. The Kier molecular flexibility index (Phi) is 5.54. The molecule has 1 N–H and O–H groups in total. The Morgan fingerprint density at radius 2 is 1.88 bits per heavy atom. The second kappa shape index (κ2) is 8.02. The zero-order valence-electron chi connectivity index (χ0n) is 14.2. The number of hydrogen-bond donors (Lipinski definition) is 1. The molecule has 0 fully saturated rings. The van der Waals surface area contributed by atoms with Crippen LogP contribution in [-0.2, 0) is 16.0 Å². The smallest absolute Gasteiger partial charge is 0.310 e. The van der Waals surface area contributed by atoms with Gasteiger partial charge in [-0.3, -0.25) is 9.78 Å². The Hall–Kier alpha value is -2.85. The van der Waals surface area contributed by atoms with E-state index in [1.54, 1.807) is 55.7 Å². The number of carbonyl (C=O) groups excluding carboxylic acids is 1. The van der Waals surface area contributed by atoms with Crippen molar-refractivity contribution in [3.05, 3.63) is 83.1 Å². The van der Waals surface area contributed by atoms with E-state index in [1.165, 1.54) is 0 Å². The van der Waals surface area contributed by atoms with Gasteiger partial charge in [-0.2, -0.15) is 0 Å². The van der Waals surface area contributed by atoms with E-state index in [0.29, 0.717) is 5.02 Å². The molecule has 3 rings (SSSR count). The molecule has 4 nitrogen and oxygen atoms in total. The molecule has 0 amide bonds. The van der Waals surface area contributed by atoms with Crippen molar-refractivity contribution >= 4 is 17.6 Å². The van der Waals surface area contributed by atoms with Gasteiger partial charge in [-0.25, -0.2) is 0 Å². The number of aromatic hydroxyl groups is 1. The summed E-state index contributed by atoms with van der Waals surface area (Å²) in [7, 11) is 0. The molecule has 0 saturated carbocycles. The average molecular weight is 368 g/mol. The number of esters is 1. The molecule has 5 heteroatoms. The Bertz CT molecular complexity index is 909. The molecular formula is C21H18ClNO3. The molecule has 3 aromatic rings. The highest BCUT2D eigenvalue weighted by Crippen LogP contribution is 2.27. The van der Waals surface area contributed by atoms with Gasteiger partial charge in [-0.1, -0.05) is 41.9 Å². The normalized spacial score (nSPS) is 11.8. The predicted octanol–water partition coefficient (Wildman–Crippen LogP) is 4.95. The highest BCUT2D eigenvalue weighted by Gasteiger charge is 2.16. The molecule has 0 saturated heterocycles. The summed E-state index contributed by atoms with van der Waals surface area (Å²) in [4.78, 5) is 16.6. The van der Waals surface area contributed by atoms with E-state index < -0.39 is 6.10 Å². The van der Waals surface area contributed by atoms with Crippen molar-refractivity contribution in [3.8, 4) is 16.9 Å². The molecule has 0 spiro atoms. The predicted molar refractivity (Wildman–Crippen MR) is 101 cm³/mol. The number of carbonyl (C=O) groups is 1. The van der Waals surface area contributed by atoms with Crippen molar-refractivity contribution in [2.24, 2.45) is 0 Å². The summed E-state index contributed by atoms with van der Waals surface area (Å²) in [6.07, 6.45) is 3.03. The lowest BCUT2D eigenvalue weighted by Gasteiger charge is -2.16. The Labute approximate surface area is 157 Å². The molecular weight excluding hydrogens is 350 g/mol. The van der Waals surface area contributed by atoms with Crippen molar-refractivity contribution in [1.29, 1.82) is 0 Å². The first-order valence-electron chi connectivity index (χ1n) is 8.21.